The highest BCUT2D eigenvalue weighted by Crippen LogP contribution is 2.27. The lowest BCUT2D eigenvalue weighted by molar-refractivity contribution is 0.301. The number of aryl methyl sites for hydroxylation is 2. The summed E-state index contributed by atoms with van der Waals surface area (Å²) in [7, 11) is 1.63. The number of nitrogen functional groups attached to an aromatic ring is 1. The van der Waals surface area contributed by atoms with Crippen LogP contribution in [0.15, 0.2) is 30.3 Å². The minimum atomic E-state index is 0.479. The van der Waals surface area contributed by atoms with Crippen LogP contribution >= 0.6 is 0 Å². The summed E-state index contributed by atoms with van der Waals surface area (Å²) in [6, 6.07) is 9.84. The second kappa shape index (κ2) is 5.87. The largest absolute Gasteiger partial charge is 0.497 e. The molecule has 20 heavy (non-hydrogen) atoms. The summed E-state index contributed by atoms with van der Waals surface area (Å²) in [6.45, 7) is 6.71. The Morgan fingerprint density at radius 2 is 1.70 bits per heavy atom. The molecule has 0 aromatic heterocycles. The SMILES string of the molecule is COc1cc(N)cc(COc2c(C)ccc(C)c2C)c1. The lowest BCUT2D eigenvalue weighted by atomic mass is 10.1. The summed E-state index contributed by atoms with van der Waals surface area (Å²) >= 11 is 0. The Bertz CT molecular complexity index is 621. The molecule has 2 N–H and O–H groups in total. The first-order valence-corrected chi connectivity index (χ1v) is 6.64. The minimum Gasteiger partial charge on any atom is -0.497 e. The summed E-state index contributed by atoms with van der Waals surface area (Å²) in [5.74, 6) is 1.70. The van der Waals surface area contributed by atoms with Gasteiger partial charge in [0.1, 0.15) is 18.1 Å². The molecule has 3 heteroatoms. The standard InChI is InChI=1S/C17H21NO2/c1-11-5-6-12(2)17(13(11)3)20-10-14-7-15(18)9-16(8-14)19-4/h5-9H,10,18H2,1-4H3. The van der Waals surface area contributed by atoms with Gasteiger partial charge in [-0.3, -0.25) is 0 Å². The minimum absolute atomic E-state index is 0.479. The lowest BCUT2D eigenvalue weighted by Gasteiger charge is -2.14. The van der Waals surface area contributed by atoms with Crippen LogP contribution in [0.4, 0.5) is 5.69 Å². The van der Waals surface area contributed by atoms with E-state index in [0.717, 1.165) is 22.6 Å². The Labute approximate surface area is 120 Å². The van der Waals surface area contributed by atoms with Gasteiger partial charge in [-0.15, -0.1) is 0 Å². The van der Waals surface area contributed by atoms with Crippen molar-refractivity contribution >= 4 is 5.69 Å². The van der Waals surface area contributed by atoms with Gasteiger partial charge in [0.05, 0.1) is 7.11 Å². The second-order valence-electron chi connectivity index (χ2n) is 5.06. The van der Waals surface area contributed by atoms with Gasteiger partial charge in [-0.05, 0) is 55.2 Å². The zero-order valence-corrected chi connectivity index (χ0v) is 12.5. The highest BCUT2D eigenvalue weighted by Gasteiger charge is 2.07. The number of methoxy groups -OCH3 is 1. The predicted octanol–water partition coefficient (Wildman–Crippen LogP) is 3.78. The van der Waals surface area contributed by atoms with E-state index in [1.165, 1.54) is 11.1 Å². The van der Waals surface area contributed by atoms with Gasteiger partial charge in [0.15, 0.2) is 0 Å². The molecule has 0 aliphatic carbocycles. The van der Waals surface area contributed by atoms with Crippen LogP contribution in [0, 0.1) is 20.8 Å². The molecule has 0 heterocycles. The van der Waals surface area contributed by atoms with E-state index in [1.807, 2.05) is 12.1 Å². The quantitative estimate of drug-likeness (QED) is 0.861. The molecule has 0 fully saturated rings. The van der Waals surface area contributed by atoms with Gasteiger partial charge < -0.3 is 15.2 Å². The third-order valence-corrected chi connectivity index (χ3v) is 3.48. The molecule has 0 radical (unpaired) electrons. The molecule has 0 unspecified atom stereocenters. The van der Waals surface area contributed by atoms with Crippen LogP contribution in [0.5, 0.6) is 11.5 Å². The Morgan fingerprint density at radius 1 is 1.00 bits per heavy atom. The first-order chi connectivity index (χ1) is 9.51. The maximum absolute atomic E-state index is 5.98. The smallest absolute Gasteiger partial charge is 0.125 e. The number of ether oxygens (including phenoxy) is 2. The van der Waals surface area contributed by atoms with E-state index in [1.54, 1.807) is 13.2 Å². The predicted molar refractivity (Wildman–Crippen MR) is 82.4 cm³/mol. The van der Waals surface area contributed by atoms with Gasteiger partial charge in [0.25, 0.3) is 0 Å². The van der Waals surface area contributed by atoms with Crippen LogP contribution < -0.4 is 15.2 Å². The van der Waals surface area contributed by atoms with Crippen LogP contribution in [0.3, 0.4) is 0 Å². The van der Waals surface area contributed by atoms with Crippen molar-refractivity contribution in [3.05, 3.63) is 52.6 Å². The Morgan fingerprint density at radius 3 is 2.40 bits per heavy atom. The van der Waals surface area contributed by atoms with E-state index in [0.29, 0.717) is 12.3 Å². The van der Waals surface area contributed by atoms with E-state index in [2.05, 4.69) is 32.9 Å². The number of benzene rings is 2. The van der Waals surface area contributed by atoms with Crippen LogP contribution in [-0.4, -0.2) is 7.11 Å². The van der Waals surface area contributed by atoms with E-state index in [4.69, 9.17) is 15.2 Å². The molecule has 0 aliphatic rings. The van der Waals surface area contributed by atoms with Gasteiger partial charge in [0.2, 0.25) is 0 Å². The van der Waals surface area contributed by atoms with Gasteiger partial charge in [-0.25, -0.2) is 0 Å². The van der Waals surface area contributed by atoms with Crippen LogP contribution in [0.2, 0.25) is 0 Å². The molecule has 0 spiro atoms. The highest BCUT2D eigenvalue weighted by atomic mass is 16.5. The lowest BCUT2D eigenvalue weighted by Crippen LogP contribution is -2.01. The van der Waals surface area contributed by atoms with Gasteiger partial charge in [-0.1, -0.05) is 12.1 Å². The molecule has 0 saturated heterocycles. The number of rotatable bonds is 4. The highest BCUT2D eigenvalue weighted by molar-refractivity contribution is 5.48. The van der Waals surface area contributed by atoms with Gasteiger partial charge in [0, 0.05) is 11.8 Å². The molecular formula is C17H21NO2. The number of anilines is 1. The zero-order valence-electron chi connectivity index (χ0n) is 12.5. The maximum atomic E-state index is 5.98. The Hall–Kier alpha value is -2.16. The van der Waals surface area contributed by atoms with Crippen molar-refractivity contribution in [1.29, 1.82) is 0 Å². The van der Waals surface area contributed by atoms with Crippen molar-refractivity contribution in [1.82, 2.24) is 0 Å². The van der Waals surface area contributed by atoms with E-state index < -0.39 is 0 Å². The third kappa shape index (κ3) is 3.05. The van der Waals surface area contributed by atoms with E-state index in [-0.39, 0.29) is 0 Å². The zero-order chi connectivity index (χ0) is 14.7. The van der Waals surface area contributed by atoms with E-state index in [9.17, 15) is 0 Å². The summed E-state index contributed by atoms with van der Waals surface area (Å²) in [5.41, 5.74) is 11.1. The third-order valence-electron chi connectivity index (χ3n) is 3.48. The fourth-order valence-corrected chi connectivity index (χ4v) is 2.19. The summed E-state index contributed by atoms with van der Waals surface area (Å²) < 4.78 is 11.2. The molecule has 2 aromatic rings. The first kappa shape index (κ1) is 14.3. The van der Waals surface area contributed by atoms with Crippen LogP contribution in [0.25, 0.3) is 0 Å². The van der Waals surface area contributed by atoms with Crippen molar-refractivity contribution in [2.24, 2.45) is 0 Å². The van der Waals surface area contributed by atoms with Crippen LogP contribution in [0.1, 0.15) is 22.3 Å². The normalized spacial score (nSPS) is 10.4. The summed E-state index contributed by atoms with van der Waals surface area (Å²) in [6.07, 6.45) is 0. The molecule has 0 aliphatic heterocycles. The number of hydrogen-bond donors (Lipinski definition) is 1. The number of hydrogen-bond acceptors (Lipinski definition) is 3. The van der Waals surface area contributed by atoms with Gasteiger partial charge >= 0.3 is 0 Å². The first-order valence-electron chi connectivity index (χ1n) is 6.64. The molecule has 2 rings (SSSR count). The van der Waals surface area contributed by atoms with Crippen molar-refractivity contribution in [3.63, 3.8) is 0 Å². The molecule has 2 aromatic carbocycles. The van der Waals surface area contributed by atoms with Crippen molar-refractivity contribution < 1.29 is 9.47 Å². The van der Waals surface area contributed by atoms with Gasteiger partial charge in [-0.2, -0.15) is 0 Å². The van der Waals surface area contributed by atoms with Crippen molar-refractivity contribution in [2.45, 2.75) is 27.4 Å². The average Bonchev–Trinajstić information content (AvgIpc) is 2.42. The fourth-order valence-electron chi connectivity index (χ4n) is 2.19. The molecule has 106 valence electrons. The van der Waals surface area contributed by atoms with Crippen molar-refractivity contribution in [2.75, 3.05) is 12.8 Å². The fraction of sp³-hybridized carbons (Fsp3) is 0.294. The molecule has 0 bridgehead atoms. The number of nitrogens with two attached hydrogens (primary N) is 1. The molecule has 0 atom stereocenters. The molecule has 0 amide bonds. The van der Waals surface area contributed by atoms with Crippen molar-refractivity contribution in [3.8, 4) is 11.5 Å². The molecule has 3 nitrogen and oxygen atoms in total. The summed E-state index contributed by atoms with van der Waals surface area (Å²) in [5, 5.41) is 0. The Balaban J connectivity index is 2.21. The Kier molecular flexibility index (Phi) is 4.18. The maximum Gasteiger partial charge on any atom is 0.125 e. The monoisotopic (exact) mass is 271 g/mol. The summed E-state index contributed by atoms with van der Waals surface area (Å²) in [4.78, 5) is 0. The average molecular weight is 271 g/mol. The van der Waals surface area contributed by atoms with E-state index >= 15 is 0 Å². The molecule has 0 saturated carbocycles. The van der Waals surface area contributed by atoms with Crippen LogP contribution in [-0.2, 0) is 6.61 Å². The molecular weight excluding hydrogens is 250 g/mol. The second-order valence-corrected chi connectivity index (χ2v) is 5.06. The topological polar surface area (TPSA) is 44.5 Å².